The number of hydrogen-bond acceptors (Lipinski definition) is 3. The minimum absolute atomic E-state index is 0.152. The van der Waals surface area contributed by atoms with Crippen molar-refractivity contribution in [1.29, 1.82) is 0 Å². The van der Waals surface area contributed by atoms with Crippen molar-refractivity contribution in [1.82, 2.24) is 0 Å². The van der Waals surface area contributed by atoms with Gasteiger partial charge in [0.1, 0.15) is 0 Å². The molecule has 0 aromatic heterocycles. The van der Waals surface area contributed by atoms with Crippen molar-refractivity contribution in [3.63, 3.8) is 0 Å². The van der Waals surface area contributed by atoms with E-state index >= 15 is 0 Å². The highest BCUT2D eigenvalue weighted by Gasteiger charge is 2.13. The van der Waals surface area contributed by atoms with Crippen LogP contribution in [0.5, 0.6) is 0 Å². The van der Waals surface area contributed by atoms with Crippen LogP contribution in [0.1, 0.15) is 13.3 Å². The van der Waals surface area contributed by atoms with Crippen LogP contribution in [0.4, 0.5) is 11.4 Å². The largest absolute Gasteiger partial charge is 0.399 e. The molecule has 0 aliphatic heterocycles. The van der Waals surface area contributed by atoms with E-state index in [1.807, 2.05) is 35.4 Å². The maximum Gasteiger partial charge on any atom is 0.236 e. The molecular weight excluding hydrogens is 220 g/mol. The van der Waals surface area contributed by atoms with Crippen molar-refractivity contribution >= 4 is 29.0 Å². The van der Waals surface area contributed by atoms with Crippen molar-refractivity contribution < 1.29 is 4.79 Å². The molecule has 0 bridgehead atoms. The number of nitrogens with zero attached hydrogens (tertiary/aromatic N) is 1. The van der Waals surface area contributed by atoms with Gasteiger partial charge in [0, 0.05) is 17.9 Å². The van der Waals surface area contributed by atoms with E-state index < -0.39 is 0 Å². The van der Waals surface area contributed by atoms with E-state index in [0.717, 1.165) is 24.3 Å². The summed E-state index contributed by atoms with van der Waals surface area (Å²) in [5, 5.41) is 0. The molecule has 0 radical (unpaired) electrons. The molecule has 0 spiro atoms. The van der Waals surface area contributed by atoms with Gasteiger partial charge >= 0.3 is 0 Å². The second-order valence-corrected chi connectivity index (χ2v) is 4.44. The molecule has 0 aliphatic carbocycles. The van der Waals surface area contributed by atoms with Gasteiger partial charge in [-0.25, -0.2) is 0 Å². The number of thioether (sulfide) groups is 1. The van der Waals surface area contributed by atoms with Gasteiger partial charge in [0.15, 0.2) is 0 Å². The molecule has 1 amide bonds. The predicted octanol–water partition coefficient (Wildman–Crippen LogP) is 2.37. The Morgan fingerprint density at radius 3 is 2.50 bits per heavy atom. The summed E-state index contributed by atoms with van der Waals surface area (Å²) in [5.74, 6) is 0.670. The monoisotopic (exact) mass is 238 g/mol. The molecule has 1 rings (SSSR count). The first-order valence-electron chi connectivity index (χ1n) is 5.34. The molecule has 0 aliphatic rings. The minimum atomic E-state index is 0.152. The molecule has 16 heavy (non-hydrogen) atoms. The summed E-state index contributed by atoms with van der Waals surface area (Å²) in [6.07, 6.45) is 2.88. The van der Waals surface area contributed by atoms with Crippen LogP contribution < -0.4 is 10.6 Å². The van der Waals surface area contributed by atoms with Gasteiger partial charge in [-0.05, 0) is 36.9 Å². The summed E-state index contributed by atoms with van der Waals surface area (Å²) >= 11 is 1.55. The number of hydrogen-bond donors (Lipinski definition) is 1. The second kappa shape index (κ2) is 6.43. The van der Waals surface area contributed by atoms with E-state index in [1.54, 1.807) is 11.8 Å². The van der Waals surface area contributed by atoms with Gasteiger partial charge in [0.25, 0.3) is 0 Å². The number of nitrogens with two attached hydrogens (primary N) is 1. The van der Waals surface area contributed by atoms with Crippen LogP contribution in [0.25, 0.3) is 0 Å². The van der Waals surface area contributed by atoms with Crippen LogP contribution in [-0.2, 0) is 4.79 Å². The van der Waals surface area contributed by atoms with Crippen molar-refractivity contribution in [2.45, 2.75) is 13.3 Å². The number of rotatable bonds is 5. The number of carbonyl (C=O) groups is 1. The highest BCUT2D eigenvalue weighted by molar-refractivity contribution is 7.99. The molecule has 4 heteroatoms. The number of nitrogen functional groups attached to an aromatic ring is 1. The first-order chi connectivity index (χ1) is 7.69. The molecule has 0 fully saturated rings. The van der Waals surface area contributed by atoms with E-state index in [4.69, 9.17) is 5.73 Å². The lowest BCUT2D eigenvalue weighted by Gasteiger charge is -2.22. The Kier molecular flexibility index (Phi) is 5.19. The fourth-order valence-electron chi connectivity index (χ4n) is 1.48. The van der Waals surface area contributed by atoms with Gasteiger partial charge in [-0.2, -0.15) is 11.8 Å². The van der Waals surface area contributed by atoms with Gasteiger partial charge < -0.3 is 10.6 Å². The van der Waals surface area contributed by atoms with E-state index in [0.29, 0.717) is 5.75 Å². The lowest BCUT2D eigenvalue weighted by atomic mass is 10.2. The van der Waals surface area contributed by atoms with Gasteiger partial charge in [-0.3, -0.25) is 4.79 Å². The minimum Gasteiger partial charge on any atom is -0.399 e. The van der Waals surface area contributed by atoms with Crippen LogP contribution >= 0.6 is 11.8 Å². The van der Waals surface area contributed by atoms with Gasteiger partial charge in [0.2, 0.25) is 5.91 Å². The molecule has 88 valence electrons. The molecule has 0 saturated heterocycles. The third-order valence-corrected chi connectivity index (χ3v) is 2.76. The van der Waals surface area contributed by atoms with Crippen molar-refractivity contribution in [2.75, 3.05) is 29.2 Å². The Labute approximate surface area is 101 Å². The fourth-order valence-corrected chi connectivity index (χ4v) is 1.88. The van der Waals surface area contributed by atoms with Crippen LogP contribution in [0, 0.1) is 0 Å². The number of carbonyl (C=O) groups excluding carboxylic acids is 1. The molecule has 3 nitrogen and oxygen atoms in total. The molecule has 0 atom stereocenters. The van der Waals surface area contributed by atoms with E-state index in [9.17, 15) is 4.79 Å². The standard InChI is InChI=1S/C12H18N2OS/c1-3-8-14(12(15)9-16-2)11-6-4-10(13)5-7-11/h4-7H,3,8-9,13H2,1-2H3. The highest BCUT2D eigenvalue weighted by atomic mass is 32.2. The topological polar surface area (TPSA) is 46.3 Å². The first-order valence-corrected chi connectivity index (χ1v) is 6.73. The molecule has 2 N–H and O–H groups in total. The molecule has 0 heterocycles. The van der Waals surface area contributed by atoms with Crippen molar-refractivity contribution in [2.24, 2.45) is 0 Å². The summed E-state index contributed by atoms with van der Waals surface area (Å²) in [4.78, 5) is 13.7. The summed E-state index contributed by atoms with van der Waals surface area (Å²) in [5.41, 5.74) is 7.27. The van der Waals surface area contributed by atoms with Crippen molar-refractivity contribution in [3.8, 4) is 0 Å². The molecular formula is C12H18N2OS. The zero-order chi connectivity index (χ0) is 12.0. The summed E-state index contributed by atoms with van der Waals surface area (Å²) in [6, 6.07) is 7.43. The number of amides is 1. The number of benzene rings is 1. The van der Waals surface area contributed by atoms with Crippen LogP contribution in [0.15, 0.2) is 24.3 Å². The zero-order valence-corrected chi connectivity index (χ0v) is 10.6. The summed E-state index contributed by atoms with van der Waals surface area (Å²) in [6.45, 7) is 2.82. The van der Waals surface area contributed by atoms with E-state index in [-0.39, 0.29) is 5.91 Å². The zero-order valence-electron chi connectivity index (χ0n) is 9.77. The average molecular weight is 238 g/mol. The first kappa shape index (κ1) is 12.9. The third kappa shape index (κ3) is 3.45. The Hall–Kier alpha value is -1.16. The van der Waals surface area contributed by atoms with E-state index in [1.165, 1.54) is 0 Å². The maximum atomic E-state index is 11.9. The van der Waals surface area contributed by atoms with Gasteiger partial charge in [-0.1, -0.05) is 6.92 Å². The summed E-state index contributed by atoms with van der Waals surface area (Å²) < 4.78 is 0. The Bertz CT molecular complexity index is 337. The molecule has 1 aromatic rings. The van der Waals surface area contributed by atoms with Crippen LogP contribution in [0.3, 0.4) is 0 Å². The fraction of sp³-hybridized carbons (Fsp3) is 0.417. The highest BCUT2D eigenvalue weighted by Crippen LogP contribution is 2.17. The predicted molar refractivity (Wildman–Crippen MR) is 71.9 cm³/mol. The lowest BCUT2D eigenvalue weighted by molar-refractivity contribution is -0.116. The third-order valence-electron chi connectivity index (χ3n) is 2.22. The Morgan fingerprint density at radius 2 is 2.00 bits per heavy atom. The second-order valence-electron chi connectivity index (χ2n) is 3.57. The normalized spacial score (nSPS) is 10.1. The van der Waals surface area contributed by atoms with Crippen LogP contribution in [0.2, 0.25) is 0 Å². The Morgan fingerprint density at radius 1 is 1.38 bits per heavy atom. The smallest absolute Gasteiger partial charge is 0.236 e. The van der Waals surface area contributed by atoms with E-state index in [2.05, 4.69) is 6.92 Å². The molecule has 1 aromatic carbocycles. The maximum absolute atomic E-state index is 11.9. The summed E-state index contributed by atoms with van der Waals surface area (Å²) in [7, 11) is 0. The molecule has 0 saturated carbocycles. The van der Waals surface area contributed by atoms with Gasteiger partial charge in [-0.15, -0.1) is 0 Å². The SMILES string of the molecule is CCCN(C(=O)CSC)c1ccc(N)cc1. The van der Waals surface area contributed by atoms with Gasteiger partial charge in [0.05, 0.1) is 5.75 Å². The quantitative estimate of drug-likeness (QED) is 0.801. The number of anilines is 2. The van der Waals surface area contributed by atoms with Crippen LogP contribution in [-0.4, -0.2) is 24.5 Å². The average Bonchev–Trinajstić information content (AvgIpc) is 2.28. The Balaban J connectivity index is 2.84. The van der Waals surface area contributed by atoms with Crippen molar-refractivity contribution in [3.05, 3.63) is 24.3 Å². The molecule has 0 unspecified atom stereocenters. The lowest BCUT2D eigenvalue weighted by Crippen LogP contribution is -2.33.